The number of nitro groups is 1. The van der Waals surface area contributed by atoms with Crippen molar-refractivity contribution in [3.05, 3.63) is 75.3 Å². The Labute approximate surface area is 171 Å². The Morgan fingerprint density at radius 2 is 1.83 bits per heavy atom. The van der Waals surface area contributed by atoms with Crippen LogP contribution < -0.4 is 0 Å². The average Bonchev–Trinajstić information content (AvgIpc) is 2.74. The molecule has 1 saturated heterocycles. The third-order valence-corrected chi connectivity index (χ3v) is 5.19. The molecule has 1 fully saturated rings. The number of morpholine rings is 1. The van der Waals surface area contributed by atoms with Crippen LogP contribution in [0.25, 0.3) is 0 Å². The number of carbonyl (C=O) groups excluding carboxylic acids is 1. The summed E-state index contributed by atoms with van der Waals surface area (Å²) >= 11 is 0. The summed E-state index contributed by atoms with van der Waals surface area (Å²) in [5.74, 6) is -0.0107. The Morgan fingerprint density at radius 3 is 2.48 bits per heavy atom. The van der Waals surface area contributed by atoms with E-state index in [4.69, 9.17) is 4.74 Å². The van der Waals surface area contributed by atoms with E-state index in [1.165, 1.54) is 12.1 Å². The molecule has 1 aliphatic heterocycles. The number of hydrogen-bond donors (Lipinski definition) is 0. The van der Waals surface area contributed by atoms with Gasteiger partial charge in [0.2, 0.25) is 0 Å². The summed E-state index contributed by atoms with van der Waals surface area (Å²) in [6, 6.07) is 14.0. The summed E-state index contributed by atoms with van der Waals surface area (Å²) in [7, 11) is 0. The van der Waals surface area contributed by atoms with Crippen LogP contribution in [-0.2, 0) is 11.3 Å². The number of aryl methyl sites for hydroxylation is 1. The molecule has 7 heteroatoms. The van der Waals surface area contributed by atoms with Crippen LogP contribution in [0.1, 0.15) is 27.9 Å². The van der Waals surface area contributed by atoms with E-state index in [2.05, 4.69) is 4.90 Å². The van der Waals surface area contributed by atoms with Crippen molar-refractivity contribution in [3.8, 4) is 0 Å². The Hall–Kier alpha value is -2.77. The highest BCUT2D eigenvalue weighted by Crippen LogP contribution is 2.17. The molecule has 1 aliphatic rings. The van der Waals surface area contributed by atoms with E-state index in [-0.39, 0.29) is 11.6 Å². The Kier molecular flexibility index (Phi) is 7.32. The van der Waals surface area contributed by atoms with Crippen molar-refractivity contribution in [1.82, 2.24) is 9.80 Å². The molecular formula is C22H27N3O4. The Morgan fingerprint density at radius 1 is 1.14 bits per heavy atom. The van der Waals surface area contributed by atoms with E-state index >= 15 is 0 Å². The van der Waals surface area contributed by atoms with Crippen LogP contribution in [0.3, 0.4) is 0 Å². The summed E-state index contributed by atoms with van der Waals surface area (Å²) in [5, 5.41) is 10.9. The normalized spacial score (nSPS) is 14.5. The minimum Gasteiger partial charge on any atom is -0.379 e. The molecule has 0 unspecified atom stereocenters. The minimum atomic E-state index is -0.414. The molecule has 1 heterocycles. The molecule has 29 heavy (non-hydrogen) atoms. The van der Waals surface area contributed by atoms with E-state index in [1.54, 1.807) is 12.1 Å². The maximum atomic E-state index is 13.2. The number of hydrogen-bond acceptors (Lipinski definition) is 5. The summed E-state index contributed by atoms with van der Waals surface area (Å²) < 4.78 is 5.39. The fraction of sp³-hybridized carbons (Fsp3) is 0.409. The molecule has 3 rings (SSSR count). The molecule has 0 saturated carbocycles. The predicted octanol–water partition coefficient (Wildman–Crippen LogP) is 3.27. The quantitative estimate of drug-likeness (QED) is 0.505. The maximum Gasteiger partial charge on any atom is 0.269 e. The second-order valence-corrected chi connectivity index (χ2v) is 7.27. The van der Waals surface area contributed by atoms with E-state index in [0.717, 1.165) is 50.4 Å². The second-order valence-electron chi connectivity index (χ2n) is 7.27. The fourth-order valence-corrected chi connectivity index (χ4v) is 3.49. The summed E-state index contributed by atoms with van der Waals surface area (Å²) in [6.45, 7) is 7.27. The molecule has 2 aromatic carbocycles. The molecule has 0 radical (unpaired) electrons. The lowest BCUT2D eigenvalue weighted by Gasteiger charge is -2.28. The van der Waals surface area contributed by atoms with Gasteiger partial charge < -0.3 is 9.64 Å². The Bertz CT molecular complexity index is 832. The number of benzene rings is 2. The zero-order valence-corrected chi connectivity index (χ0v) is 16.8. The van der Waals surface area contributed by atoms with E-state index in [9.17, 15) is 14.9 Å². The molecule has 0 aliphatic carbocycles. The van der Waals surface area contributed by atoms with Gasteiger partial charge in [-0.3, -0.25) is 19.8 Å². The molecule has 154 valence electrons. The third-order valence-electron chi connectivity index (χ3n) is 5.19. The first-order valence-electron chi connectivity index (χ1n) is 9.93. The molecule has 2 aromatic rings. The summed E-state index contributed by atoms with van der Waals surface area (Å²) in [4.78, 5) is 27.9. The second kappa shape index (κ2) is 10.1. The number of nitrogens with zero attached hydrogens (tertiary/aromatic N) is 3. The molecule has 0 atom stereocenters. The standard InChI is InChI=1S/C22H27N3O4/c1-18-5-2-3-6-21(18)22(26)24(12-4-11-23-13-15-29-16-14-23)17-19-7-9-20(10-8-19)25(27)28/h2-3,5-10H,4,11-17H2,1H3. The zero-order valence-electron chi connectivity index (χ0n) is 16.8. The van der Waals surface area contributed by atoms with Crippen molar-refractivity contribution >= 4 is 11.6 Å². The van der Waals surface area contributed by atoms with Crippen LogP contribution in [0, 0.1) is 17.0 Å². The lowest BCUT2D eigenvalue weighted by atomic mass is 10.1. The van der Waals surface area contributed by atoms with Gasteiger partial charge in [-0.15, -0.1) is 0 Å². The number of non-ortho nitro benzene ring substituents is 1. The van der Waals surface area contributed by atoms with Crippen LogP contribution in [0.2, 0.25) is 0 Å². The van der Waals surface area contributed by atoms with Gasteiger partial charge in [-0.25, -0.2) is 0 Å². The van der Waals surface area contributed by atoms with Gasteiger partial charge in [-0.1, -0.05) is 30.3 Å². The maximum absolute atomic E-state index is 13.2. The molecule has 7 nitrogen and oxygen atoms in total. The highest BCUT2D eigenvalue weighted by atomic mass is 16.6. The fourth-order valence-electron chi connectivity index (χ4n) is 3.49. The first-order chi connectivity index (χ1) is 14.0. The predicted molar refractivity (Wildman–Crippen MR) is 111 cm³/mol. The number of rotatable bonds is 8. The van der Waals surface area contributed by atoms with Gasteiger partial charge >= 0.3 is 0 Å². The van der Waals surface area contributed by atoms with Crippen molar-refractivity contribution in [2.24, 2.45) is 0 Å². The lowest BCUT2D eigenvalue weighted by molar-refractivity contribution is -0.384. The number of amides is 1. The topological polar surface area (TPSA) is 75.9 Å². The number of nitro benzene ring substituents is 1. The highest BCUT2D eigenvalue weighted by molar-refractivity contribution is 5.95. The Balaban J connectivity index is 1.70. The van der Waals surface area contributed by atoms with Crippen molar-refractivity contribution in [2.75, 3.05) is 39.4 Å². The van der Waals surface area contributed by atoms with Gasteiger partial charge in [0.25, 0.3) is 11.6 Å². The van der Waals surface area contributed by atoms with Crippen LogP contribution in [-0.4, -0.2) is 60.0 Å². The van der Waals surface area contributed by atoms with E-state index in [1.807, 2.05) is 36.1 Å². The van der Waals surface area contributed by atoms with Crippen LogP contribution in [0.15, 0.2) is 48.5 Å². The largest absolute Gasteiger partial charge is 0.379 e. The van der Waals surface area contributed by atoms with Gasteiger partial charge in [0.05, 0.1) is 18.1 Å². The SMILES string of the molecule is Cc1ccccc1C(=O)N(CCCN1CCOCC1)Cc1ccc([N+](=O)[O-])cc1. The smallest absolute Gasteiger partial charge is 0.269 e. The summed E-state index contributed by atoms with van der Waals surface area (Å²) in [6.07, 6.45) is 0.866. The van der Waals surface area contributed by atoms with Crippen molar-refractivity contribution in [2.45, 2.75) is 19.9 Å². The third kappa shape index (κ3) is 5.85. The van der Waals surface area contributed by atoms with E-state index < -0.39 is 4.92 Å². The first kappa shape index (κ1) is 21.0. The van der Waals surface area contributed by atoms with Crippen LogP contribution in [0.5, 0.6) is 0 Å². The molecular weight excluding hydrogens is 370 g/mol. The van der Waals surface area contributed by atoms with Crippen molar-refractivity contribution < 1.29 is 14.5 Å². The van der Waals surface area contributed by atoms with Crippen molar-refractivity contribution in [3.63, 3.8) is 0 Å². The monoisotopic (exact) mass is 397 g/mol. The molecule has 0 spiro atoms. The van der Waals surface area contributed by atoms with Gasteiger partial charge in [0, 0.05) is 50.4 Å². The molecule has 0 aromatic heterocycles. The van der Waals surface area contributed by atoms with Crippen LogP contribution >= 0.6 is 0 Å². The molecule has 0 bridgehead atoms. The highest BCUT2D eigenvalue weighted by Gasteiger charge is 2.19. The lowest BCUT2D eigenvalue weighted by Crippen LogP contribution is -2.39. The summed E-state index contributed by atoms with van der Waals surface area (Å²) in [5.41, 5.74) is 2.57. The van der Waals surface area contributed by atoms with Gasteiger partial charge in [0.1, 0.15) is 0 Å². The molecule has 1 amide bonds. The minimum absolute atomic E-state index is 0.0107. The molecule has 0 N–H and O–H groups in total. The van der Waals surface area contributed by atoms with Gasteiger partial charge in [0.15, 0.2) is 0 Å². The zero-order chi connectivity index (χ0) is 20.6. The van der Waals surface area contributed by atoms with E-state index in [0.29, 0.717) is 18.7 Å². The van der Waals surface area contributed by atoms with Gasteiger partial charge in [-0.05, 0) is 30.5 Å². The van der Waals surface area contributed by atoms with Gasteiger partial charge in [-0.2, -0.15) is 0 Å². The average molecular weight is 397 g/mol. The first-order valence-corrected chi connectivity index (χ1v) is 9.93. The van der Waals surface area contributed by atoms with Crippen molar-refractivity contribution in [1.29, 1.82) is 0 Å². The number of ether oxygens (including phenoxy) is 1. The van der Waals surface area contributed by atoms with Crippen LogP contribution in [0.4, 0.5) is 5.69 Å². The number of carbonyl (C=O) groups is 1.